The number of rotatable bonds is 4. The summed E-state index contributed by atoms with van der Waals surface area (Å²) in [6.45, 7) is 4.39. The zero-order valence-electron chi connectivity index (χ0n) is 9.63. The van der Waals surface area contributed by atoms with E-state index in [0.29, 0.717) is 11.7 Å². The monoisotopic (exact) mass is 226 g/mol. The van der Waals surface area contributed by atoms with Crippen LogP contribution in [-0.2, 0) is 0 Å². The van der Waals surface area contributed by atoms with E-state index in [1.165, 1.54) is 6.42 Å². The topological polar surface area (TPSA) is 29.3 Å². The number of hydrogen-bond donors (Lipinski definition) is 1. The molecular weight excluding hydrogens is 208 g/mol. The predicted octanol–water partition coefficient (Wildman–Crippen LogP) is 3.55. The van der Waals surface area contributed by atoms with Crippen molar-refractivity contribution in [2.45, 2.75) is 32.7 Å². The first kappa shape index (κ1) is 12.2. The Morgan fingerprint density at radius 3 is 2.67 bits per heavy atom. The molecule has 3 heteroatoms. The molecular formula is C12H19ClN2. The second-order valence-electron chi connectivity index (χ2n) is 3.96. The molecule has 0 aliphatic rings. The van der Waals surface area contributed by atoms with E-state index in [1.54, 1.807) is 6.07 Å². The number of nitrogens with two attached hydrogens (primary N) is 1. The van der Waals surface area contributed by atoms with Crippen molar-refractivity contribution in [2.75, 3.05) is 17.7 Å². The van der Waals surface area contributed by atoms with Crippen molar-refractivity contribution in [3.63, 3.8) is 0 Å². The van der Waals surface area contributed by atoms with E-state index >= 15 is 0 Å². The fourth-order valence-corrected chi connectivity index (χ4v) is 1.98. The van der Waals surface area contributed by atoms with E-state index < -0.39 is 0 Å². The molecule has 0 heterocycles. The van der Waals surface area contributed by atoms with Crippen molar-refractivity contribution < 1.29 is 0 Å². The average Bonchev–Trinajstić information content (AvgIpc) is 2.17. The minimum Gasteiger partial charge on any atom is -0.399 e. The molecule has 0 radical (unpaired) electrons. The number of hydrogen-bond acceptors (Lipinski definition) is 2. The number of halogens is 1. The third-order valence-corrected chi connectivity index (χ3v) is 3.02. The Balaban J connectivity index is 2.86. The lowest BCUT2D eigenvalue weighted by molar-refractivity contribution is 0.616. The molecule has 1 unspecified atom stereocenters. The SMILES string of the molecule is CCCC(C)N(C)c1ccc(N)cc1Cl. The van der Waals surface area contributed by atoms with Crippen LogP contribution < -0.4 is 10.6 Å². The maximum atomic E-state index is 6.15. The van der Waals surface area contributed by atoms with Gasteiger partial charge in [0.1, 0.15) is 0 Å². The van der Waals surface area contributed by atoms with Crippen molar-refractivity contribution in [1.82, 2.24) is 0 Å². The van der Waals surface area contributed by atoms with E-state index in [-0.39, 0.29) is 0 Å². The van der Waals surface area contributed by atoms with Crippen LogP contribution in [0.5, 0.6) is 0 Å². The summed E-state index contributed by atoms with van der Waals surface area (Å²) in [4.78, 5) is 2.20. The second-order valence-corrected chi connectivity index (χ2v) is 4.37. The average molecular weight is 227 g/mol. The quantitative estimate of drug-likeness (QED) is 0.796. The van der Waals surface area contributed by atoms with Gasteiger partial charge in [0.25, 0.3) is 0 Å². The zero-order valence-corrected chi connectivity index (χ0v) is 10.4. The second kappa shape index (κ2) is 5.26. The van der Waals surface area contributed by atoms with Gasteiger partial charge in [-0.25, -0.2) is 0 Å². The number of nitrogens with zero attached hydrogens (tertiary/aromatic N) is 1. The molecule has 0 saturated heterocycles. The Kier molecular flexibility index (Phi) is 4.28. The van der Waals surface area contributed by atoms with E-state index in [0.717, 1.165) is 17.1 Å². The molecule has 15 heavy (non-hydrogen) atoms. The molecule has 1 aromatic carbocycles. The molecule has 2 N–H and O–H groups in total. The predicted molar refractivity (Wildman–Crippen MR) is 68.6 cm³/mol. The van der Waals surface area contributed by atoms with Gasteiger partial charge in [-0.15, -0.1) is 0 Å². The molecule has 0 aliphatic carbocycles. The van der Waals surface area contributed by atoms with Gasteiger partial charge in [-0.2, -0.15) is 0 Å². The van der Waals surface area contributed by atoms with Crippen LogP contribution in [-0.4, -0.2) is 13.1 Å². The van der Waals surface area contributed by atoms with Crippen LogP contribution in [0.3, 0.4) is 0 Å². The van der Waals surface area contributed by atoms with Crippen LogP contribution in [0.2, 0.25) is 5.02 Å². The van der Waals surface area contributed by atoms with Crippen molar-refractivity contribution in [3.8, 4) is 0 Å². The third-order valence-electron chi connectivity index (χ3n) is 2.72. The summed E-state index contributed by atoms with van der Waals surface area (Å²) in [6, 6.07) is 6.16. The molecule has 1 rings (SSSR count). The Morgan fingerprint density at radius 2 is 2.13 bits per heavy atom. The molecule has 1 aromatic rings. The number of anilines is 2. The highest BCUT2D eigenvalue weighted by Gasteiger charge is 2.11. The van der Waals surface area contributed by atoms with Gasteiger partial charge in [-0.1, -0.05) is 24.9 Å². The lowest BCUT2D eigenvalue weighted by Crippen LogP contribution is -2.28. The first-order valence-corrected chi connectivity index (χ1v) is 5.72. The molecule has 0 amide bonds. The normalized spacial score (nSPS) is 12.5. The molecule has 0 bridgehead atoms. The van der Waals surface area contributed by atoms with E-state index in [1.807, 2.05) is 12.1 Å². The summed E-state index contributed by atoms with van der Waals surface area (Å²) in [5, 5.41) is 0.723. The van der Waals surface area contributed by atoms with Crippen LogP contribution in [0.1, 0.15) is 26.7 Å². The van der Waals surface area contributed by atoms with Gasteiger partial charge >= 0.3 is 0 Å². The van der Waals surface area contributed by atoms with Crippen LogP contribution >= 0.6 is 11.6 Å². The van der Waals surface area contributed by atoms with E-state index in [4.69, 9.17) is 17.3 Å². The fraction of sp³-hybridized carbons (Fsp3) is 0.500. The summed E-state index contributed by atoms with van der Waals surface area (Å²) in [7, 11) is 2.07. The molecule has 0 saturated carbocycles. The molecule has 1 atom stereocenters. The summed E-state index contributed by atoms with van der Waals surface area (Å²) in [6.07, 6.45) is 2.34. The van der Waals surface area contributed by atoms with E-state index in [2.05, 4.69) is 25.8 Å². The molecule has 84 valence electrons. The van der Waals surface area contributed by atoms with Crippen LogP contribution in [0.4, 0.5) is 11.4 Å². The summed E-state index contributed by atoms with van der Waals surface area (Å²) in [5.41, 5.74) is 7.42. The lowest BCUT2D eigenvalue weighted by atomic mass is 10.1. The van der Waals surface area contributed by atoms with Gasteiger partial charge in [0.2, 0.25) is 0 Å². The van der Waals surface area contributed by atoms with Gasteiger partial charge in [0.15, 0.2) is 0 Å². The summed E-state index contributed by atoms with van der Waals surface area (Å²) in [5.74, 6) is 0. The van der Waals surface area contributed by atoms with Gasteiger partial charge < -0.3 is 10.6 Å². The van der Waals surface area contributed by atoms with E-state index in [9.17, 15) is 0 Å². The first-order chi connectivity index (χ1) is 7.06. The number of nitrogen functional groups attached to an aromatic ring is 1. The largest absolute Gasteiger partial charge is 0.399 e. The van der Waals surface area contributed by atoms with Gasteiger partial charge in [0.05, 0.1) is 10.7 Å². The minimum absolute atomic E-state index is 0.496. The van der Waals surface area contributed by atoms with Crippen molar-refractivity contribution >= 4 is 23.0 Å². The Labute approximate surface area is 97.0 Å². The Morgan fingerprint density at radius 1 is 1.47 bits per heavy atom. The summed E-state index contributed by atoms with van der Waals surface area (Å²) < 4.78 is 0. The smallest absolute Gasteiger partial charge is 0.0660 e. The third kappa shape index (κ3) is 3.03. The highest BCUT2D eigenvalue weighted by molar-refractivity contribution is 6.33. The standard InChI is InChI=1S/C12H19ClN2/c1-4-5-9(2)15(3)12-7-6-10(14)8-11(12)13/h6-9H,4-5,14H2,1-3H3. The van der Waals surface area contributed by atoms with Crippen molar-refractivity contribution in [1.29, 1.82) is 0 Å². The fourth-order valence-electron chi connectivity index (χ4n) is 1.66. The van der Waals surface area contributed by atoms with Gasteiger partial charge in [-0.3, -0.25) is 0 Å². The Bertz CT molecular complexity index is 325. The van der Waals surface area contributed by atoms with Crippen molar-refractivity contribution in [2.24, 2.45) is 0 Å². The Hall–Kier alpha value is -0.890. The molecule has 0 aliphatic heterocycles. The van der Waals surface area contributed by atoms with Gasteiger partial charge in [0, 0.05) is 18.8 Å². The maximum absolute atomic E-state index is 6.15. The lowest BCUT2D eigenvalue weighted by Gasteiger charge is -2.27. The maximum Gasteiger partial charge on any atom is 0.0660 e. The highest BCUT2D eigenvalue weighted by Crippen LogP contribution is 2.28. The minimum atomic E-state index is 0.496. The number of benzene rings is 1. The first-order valence-electron chi connectivity index (χ1n) is 5.34. The van der Waals surface area contributed by atoms with Crippen molar-refractivity contribution in [3.05, 3.63) is 23.2 Å². The molecule has 0 aromatic heterocycles. The van der Waals surface area contributed by atoms with Crippen LogP contribution in [0.15, 0.2) is 18.2 Å². The molecule has 0 spiro atoms. The van der Waals surface area contributed by atoms with Crippen LogP contribution in [0, 0.1) is 0 Å². The highest BCUT2D eigenvalue weighted by atomic mass is 35.5. The molecule has 0 fully saturated rings. The summed E-state index contributed by atoms with van der Waals surface area (Å²) >= 11 is 6.15. The van der Waals surface area contributed by atoms with Gasteiger partial charge in [-0.05, 0) is 31.5 Å². The zero-order chi connectivity index (χ0) is 11.4. The molecule has 2 nitrogen and oxygen atoms in total. The van der Waals surface area contributed by atoms with Crippen LogP contribution in [0.25, 0.3) is 0 Å².